The summed E-state index contributed by atoms with van der Waals surface area (Å²) >= 11 is 1.58. The summed E-state index contributed by atoms with van der Waals surface area (Å²) in [6, 6.07) is 20.7. The van der Waals surface area contributed by atoms with Crippen molar-refractivity contribution in [3.05, 3.63) is 100 Å². The van der Waals surface area contributed by atoms with E-state index in [0.717, 1.165) is 32.4 Å². The lowest BCUT2D eigenvalue weighted by Gasteiger charge is -2.19. The van der Waals surface area contributed by atoms with Crippen LogP contribution in [0.5, 0.6) is 11.5 Å². The average molecular weight is 475 g/mol. The topological polar surface area (TPSA) is 73.7 Å². The second-order valence-corrected chi connectivity index (χ2v) is 9.04. The van der Waals surface area contributed by atoms with E-state index in [0.29, 0.717) is 17.1 Å². The van der Waals surface area contributed by atoms with Crippen LogP contribution in [0.4, 0.5) is 10.8 Å². The first-order chi connectivity index (χ1) is 16.5. The zero-order valence-corrected chi connectivity index (χ0v) is 20.5. The number of ether oxygens (including phenoxy) is 2. The number of benzene rings is 2. The molecule has 7 heteroatoms. The van der Waals surface area contributed by atoms with Crippen LogP contribution < -0.4 is 25.1 Å². The Bertz CT molecular complexity index is 1270. The minimum Gasteiger partial charge on any atom is -0.493 e. The van der Waals surface area contributed by atoms with Gasteiger partial charge in [-0.15, -0.1) is 11.3 Å². The van der Waals surface area contributed by atoms with Crippen molar-refractivity contribution in [1.29, 1.82) is 0 Å². The van der Waals surface area contributed by atoms with Crippen molar-refractivity contribution in [2.75, 3.05) is 24.9 Å². The van der Waals surface area contributed by atoms with Crippen LogP contribution in [-0.4, -0.2) is 20.1 Å². The van der Waals surface area contributed by atoms with E-state index in [-0.39, 0.29) is 11.9 Å². The van der Waals surface area contributed by atoms with Crippen molar-refractivity contribution in [2.45, 2.75) is 19.9 Å². The van der Waals surface area contributed by atoms with Crippen LogP contribution in [0, 0.1) is 13.8 Å². The lowest BCUT2D eigenvalue weighted by atomic mass is 9.96. The van der Waals surface area contributed by atoms with Crippen LogP contribution in [0.3, 0.4) is 0 Å². The Labute approximate surface area is 203 Å². The molecule has 0 saturated heterocycles. The van der Waals surface area contributed by atoms with Gasteiger partial charge in [0.15, 0.2) is 11.5 Å². The Morgan fingerprint density at radius 2 is 1.68 bits per heavy atom. The highest BCUT2D eigenvalue weighted by atomic mass is 32.1. The van der Waals surface area contributed by atoms with Crippen molar-refractivity contribution in [3.63, 3.8) is 0 Å². The number of methoxy groups -OCH3 is 2. The summed E-state index contributed by atoms with van der Waals surface area (Å²) in [5.74, 6) is 2.02. The highest BCUT2D eigenvalue weighted by molar-refractivity contribution is 7.16. The largest absolute Gasteiger partial charge is 0.493 e. The molecule has 4 rings (SSSR count). The van der Waals surface area contributed by atoms with Gasteiger partial charge in [-0.05, 0) is 49.7 Å². The predicted octanol–water partition coefficient (Wildman–Crippen LogP) is 5.65. The highest BCUT2D eigenvalue weighted by Gasteiger charge is 2.29. The van der Waals surface area contributed by atoms with Gasteiger partial charge in [-0.1, -0.05) is 30.3 Å². The zero-order chi connectivity index (χ0) is 24.1. The maximum absolute atomic E-state index is 13.0. The van der Waals surface area contributed by atoms with E-state index in [4.69, 9.17) is 9.47 Å². The molecule has 0 aliphatic heterocycles. The molecule has 0 fully saturated rings. The average Bonchev–Trinajstić information content (AvgIpc) is 3.15. The van der Waals surface area contributed by atoms with E-state index in [1.54, 1.807) is 25.6 Å². The fourth-order valence-electron chi connectivity index (χ4n) is 3.84. The van der Waals surface area contributed by atoms with Gasteiger partial charge in [0.2, 0.25) is 0 Å². The van der Waals surface area contributed by atoms with Gasteiger partial charge >= 0.3 is 0 Å². The molecular formula is C27H28N3O3S+. The molecule has 2 aromatic heterocycles. The molecule has 0 unspecified atom stereocenters. The Morgan fingerprint density at radius 3 is 2.35 bits per heavy atom. The monoisotopic (exact) mass is 474 g/mol. The third-order valence-corrected chi connectivity index (χ3v) is 6.87. The van der Waals surface area contributed by atoms with Gasteiger partial charge in [-0.3, -0.25) is 10.1 Å². The molecule has 4 aromatic rings. The lowest BCUT2D eigenvalue weighted by molar-refractivity contribution is -0.361. The fourth-order valence-corrected chi connectivity index (χ4v) is 4.94. The van der Waals surface area contributed by atoms with Crippen LogP contribution in [0.25, 0.3) is 0 Å². The van der Waals surface area contributed by atoms with E-state index in [9.17, 15) is 4.79 Å². The number of aryl methyl sites for hydroxylation is 1. The number of carbonyl (C=O) groups is 1. The molecule has 34 heavy (non-hydrogen) atoms. The second-order valence-electron chi connectivity index (χ2n) is 7.81. The molecule has 0 radical (unpaired) electrons. The maximum atomic E-state index is 13.0. The van der Waals surface area contributed by atoms with Crippen LogP contribution >= 0.6 is 11.3 Å². The molecule has 1 atom stereocenters. The molecule has 3 N–H and O–H groups in total. The Kier molecular flexibility index (Phi) is 7.13. The van der Waals surface area contributed by atoms with Crippen molar-refractivity contribution in [3.8, 4) is 11.5 Å². The summed E-state index contributed by atoms with van der Waals surface area (Å²) in [5.41, 5.74) is 3.73. The third kappa shape index (κ3) is 4.89. The number of carbonyl (C=O) groups excluding carboxylic acids is 1. The first-order valence-corrected chi connectivity index (χ1v) is 11.7. The van der Waals surface area contributed by atoms with Crippen LogP contribution in [-0.2, 0) is 0 Å². The molecule has 174 valence electrons. The minimum absolute atomic E-state index is 0.138. The van der Waals surface area contributed by atoms with Crippen molar-refractivity contribution < 1.29 is 19.3 Å². The predicted molar refractivity (Wildman–Crippen MR) is 136 cm³/mol. The number of rotatable bonds is 8. The van der Waals surface area contributed by atoms with E-state index >= 15 is 0 Å². The van der Waals surface area contributed by atoms with Gasteiger partial charge in [0.25, 0.3) is 11.7 Å². The first kappa shape index (κ1) is 23.3. The summed E-state index contributed by atoms with van der Waals surface area (Å²) in [6.07, 6.45) is 1.87. The number of anilines is 2. The number of H-pyrrole nitrogens is 1. The van der Waals surface area contributed by atoms with Crippen molar-refractivity contribution >= 4 is 28.1 Å². The Morgan fingerprint density at radius 1 is 0.941 bits per heavy atom. The van der Waals surface area contributed by atoms with Gasteiger partial charge < -0.3 is 14.8 Å². The second kappa shape index (κ2) is 10.4. The van der Waals surface area contributed by atoms with Crippen molar-refractivity contribution in [1.82, 2.24) is 0 Å². The molecule has 0 bridgehead atoms. The number of hydrogen-bond acceptors (Lipinski definition) is 5. The summed E-state index contributed by atoms with van der Waals surface area (Å²) in [7, 11) is 3.25. The molecule has 0 aliphatic rings. The Balaban J connectivity index is 1.81. The van der Waals surface area contributed by atoms with Crippen LogP contribution in [0.15, 0.2) is 72.9 Å². The minimum atomic E-state index is -0.255. The number of nitrogens with one attached hydrogen (secondary N) is 3. The highest BCUT2D eigenvalue weighted by Crippen LogP contribution is 2.42. The number of aromatic amines is 1. The summed E-state index contributed by atoms with van der Waals surface area (Å²) in [4.78, 5) is 17.4. The third-order valence-electron chi connectivity index (χ3n) is 5.73. The smallest absolute Gasteiger partial charge is 0.272 e. The SMILES string of the molecule is COc1ccc([C@H](Nc2cccc[nH+]2)c2c(NC(=O)c3ccccc3)sc(C)c2C)cc1OC. The standard InChI is InChI=1S/C27H27N3O3S/c1-17-18(2)34-27(30-26(31)19-10-6-5-7-11-19)24(17)25(29-23-12-8-9-15-28-23)20-13-14-21(32-3)22(16-20)33-4/h5-16,25H,1-4H3,(H,28,29)(H,30,31)/p+1/t25-/m0/s1. The molecule has 0 saturated carbocycles. The van der Waals surface area contributed by atoms with Crippen LogP contribution in [0.2, 0.25) is 0 Å². The summed E-state index contributed by atoms with van der Waals surface area (Å²) in [5, 5.41) is 7.57. The molecular weight excluding hydrogens is 446 g/mol. The van der Waals surface area contributed by atoms with Gasteiger partial charge in [0.05, 0.1) is 20.4 Å². The molecule has 0 aliphatic carbocycles. The lowest BCUT2D eigenvalue weighted by Crippen LogP contribution is -2.21. The van der Waals surface area contributed by atoms with E-state index in [2.05, 4.69) is 29.5 Å². The first-order valence-electron chi connectivity index (χ1n) is 10.9. The molecule has 6 nitrogen and oxygen atoms in total. The molecule has 1 amide bonds. The number of thiophene rings is 1. The normalized spacial score (nSPS) is 11.5. The number of hydrogen-bond donors (Lipinski definition) is 2. The number of aromatic nitrogens is 1. The van der Waals surface area contributed by atoms with E-state index in [1.807, 2.05) is 72.9 Å². The maximum Gasteiger partial charge on any atom is 0.272 e. The van der Waals surface area contributed by atoms with Gasteiger partial charge in [0, 0.05) is 27.6 Å². The van der Waals surface area contributed by atoms with Crippen molar-refractivity contribution in [2.24, 2.45) is 0 Å². The number of pyridine rings is 1. The quantitative estimate of drug-likeness (QED) is 0.346. The summed E-state index contributed by atoms with van der Waals surface area (Å²) in [6.45, 7) is 4.16. The summed E-state index contributed by atoms with van der Waals surface area (Å²) < 4.78 is 11.0. The number of amides is 1. The molecule has 2 aromatic carbocycles. The van der Waals surface area contributed by atoms with Gasteiger partial charge in [-0.25, -0.2) is 4.98 Å². The van der Waals surface area contributed by atoms with E-state index < -0.39 is 0 Å². The fraction of sp³-hybridized carbons (Fsp3) is 0.185. The van der Waals surface area contributed by atoms with Gasteiger partial charge in [-0.2, -0.15) is 0 Å². The molecule has 2 heterocycles. The van der Waals surface area contributed by atoms with Gasteiger partial charge in [0.1, 0.15) is 11.0 Å². The van der Waals surface area contributed by atoms with Crippen LogP contribution in [0.1, 0.15) is 38.0 Å². The zero-order valence-electron chi connectivity index (χ0n) is 19.6. The van der Waals surface area contributed by atoms with E-state index in [1.165, 1.54) is 0 Å². The molecule has 0 spiro atoms. The Hall–Kier alpha value is -3.84.